The summed E-state index contributed by atoms with van der Waals surface area (Å²) in [6, 6.07) is 0. The van der Waals surface area contributed by atoms with E-state index in [2.05, 4.69) is 4.99 Å². The third-order valence-electron chi connectivity index (χ3n) is 1.28. The predicted molar refractivity (Wildman–Crippen MR) is 56.1 cm³/mol. The number of amides is 1. The van der Waals surface area contributed by atoms with E-state index in [0.717, 1.165) is 0 Å². The smallest absolute Gasteiger partial charge is 0.416 e. The highest BCUT2D eigenvalue weighted by molar-refractivity contribution is 5.82. The predicted octanol–water partition coefficient (Wildman–Crippen LogP) is 1.19. The van der Waals surface area contributed by atoms with Crippen molar-refractivity contribution in [2.75, 3.05) is 7.05 Å². The average molecular weight is 201 g/mol. The number of hydrogen-bond donors (Lipinski definition) is 1. The van der Waals surface area contributed by atoms with Gasteiger partial charge in [0.2, 0.25) is 0 Å². The molecule has 0 bridgehead atoms. The van der Waals surface area contributed by atoms with Gasteiger partial charge in [0.05, 0.1) is 12.5 Å². The van der Waals surface area contributed by atoms with Crippen LogP contribution in [0.3, 0.4) is 0 Å². The summed E-state index contributed by atoms with van der Waals surface area (Å²) in [5.41, 5.74) is 5.05. The van der Waals surface area contributed by atoms with Gasteiger partial charge < -0.3 is 10.5 Å². The maximum Gasteiger partial charge on any atom is 0.416 e. The highest BCUT2D eigenvalue weighted by atomic mass is 16.6. The van der Waals surface area contributed by atoms with Crippen LogP contribution in [0.4, 0.5) is 4.79 Å². The number of carbonyl (C=O) groups excluding carboxylic acids is 1. The van der Waals surface area contributed by atoms with E-state index in [9.17, 15) is 4.79 Å². The van der Waals surface area contributed by atoms with E-state index in [1.54, 1.807) is 34.7 Å². The molecule has 5 heteroatoms. The van der Waals surface area contributed by atoms with Crippen LogP contribution in [-0.4, -0.2) is 36.1 Å². The van der Waals surface area contributed by atoms with E-state index < -0.39 is 17.9 Å². The number of carbonyl (C=O) groups is 1. The van der Waals surface area contributed by atoms with Crippen LogP contribution in [0.5, 0.6) is 0 Å². The molecule has 5 nitrogen and oxygen atoms in total. The summed E-state index contributed by atoms with van der Waals surface area (Å²) in [7, 11) is 1.57. The summed E-state index contributed by atoms with van der Waals surface area (Å²) in [4.78, 5) is 16.5. The molecule has 0 saturated carbocycles. The summed E-state index contributed by atoms with van der Waals surface area (Å²) < 4.78 is 5.13. The van der Waals surface area contributed by atoms with Crippen molar-refractivity contribution in [1.29, 1.82) is 0 Å². The first kappa shape index (κ1) is 12.9. The van der Waals surface area contributed by atoms with Crippen LogP contribution in [0.1, 0.15) is 27.7 Å². The summed E-state index contributed by atoms with van der Waals surface area (Å²) in [5.74, 6) is 0. The van der Waals surface area contributed by atoms with Gasteiger partial charge in [-0.05, 0) is 27.7 Å². The van der Waals surface area contributed by atoms with Crippen LogP contribution in [0.25, 0.3) is 0 Å². The summed E-state index contributed by atoms with van der Waals surface area (Å²) in [6.45, 7) is 7.08. The second-order valence-electron chi connectivity index (χ2n) is 4.00. The van der Waals surface area contributed by atoms with Gasteiger partial charge in [0, 0.05) is 7.05 Å². The van der Waals surface area contributed by atoms with E-state index in [-0.39, 0.29) is 0 Å². The molecule has 2 N–H and O–H groups in total. The second kappa shape index (κ2) is 4.95. The quantitative estimate of drug-likeness (QED) is 0.414. The number of nitrogens with zero attached hydrogens (tertiary/aromatic N) is 2. The van der Waals surface area contributed by atoms with Crippen LogP contribution in [0.2, 0.25) is 0 Å². The Morgan fingerprint density at radius 2 is 2.07 bits per heavy atom. The highest BCUT2D eigenvalue weighted by Crippen LogP contribution is 2.09. The van der Waals surface area contributed by atoms with Gasteiger partial charge in [-0.2, -0.15) is 0 Å². The maximum atomic E-state index is 11.5. The highest BCUT2D eigenvalue weighted by Gasteiger charge is 2.22. The number of nitrogens with two attached hydrogens (primary N) is 1. The first-order valence-electron chi connectivity index (χ1n) is 4.47. The normalized spacial score (nSPS) is 14.1. The van der Waals surface area contributed by atoms with Crippen LogP contribution in [-0.2, 0) is 4.74 Å². The molecular formula is C9H19N3O2. The van der Waals surface area contributed by atoms with Crippen molar-refractivity contribution in [2.24, 2.45) is 10.7 Å². The first-order chi connectivity index (χ1) is 6.28. The van der Waals surface area contributed by atoms with E-state index in [1.165, 1.54) is 11.2 Å². The number of ether oxygens (including phenoxy) is 1. The molecule has 0 fully saturated rings. The van der Waals surface area contributed by atoms with Crippen LogP contribution >= 0.6 is 0 Å². The molecule has 14 heavy (non-hydrogen) atoms. The number of aliphatic imine (C=N–C) groups is 1. The second-order valence-corrected chi connectivity index (χ2v) is 4.00. The summed E-state index contributed by atoms with van der Waals surface area (Å²) in [5, 5.41) is 0. The molecule has 0 rings (SSSR count). The maximum absolute atomic E-state index is 11.5. The van der Waals surface area contributed by atoms with Gasteiger partial charge in [0.15, 0.2) is 0 Å². The third kappa shape index (κ3) is 4.81. The lowest BCUT2D eigenvalue weighted by Crippen LogP contribution is -2.45. The fourth-order valence-corrected chi connectivity index (χ4v) is 0.758. The van der Waals surface area contributed by atoms with Crippen LogP contribution in [0.15, 0.2) is 4.99 Å². The SMILES string of the molecule is CN=CN(C(=O)OC(C)(C)C)C(C)N. The molecule has 1 amide bonds. The fourth-order valence-electron chi connectivity index (χ4n) is 0.758. The monoisotopic (exact) mass is 201 g/mol. The summed E-state index contributed by atoms with van der Waals surface area (Å²) >= 11 is 0. The number of hydrogen-bond acceptors (Lipinski definition) is 4. The van der Waals surface area contributed by atoms with E-state index >= 15 is 0 Å². The number of rotatable bonds is 2. The van der Waals surface area contributed by atoms with Crippen molar-refractivity contribution in [3.63, 3.8) is 0 Å². The first-order valence-corrected chi connectivity index (χ1v) is 4.47. The Morgan fingerprint density at radius 3 is 2.36 bits per heavy atom. The zero-order chi connectivity index (χ0) is 11.4. The molecule has 0 aromatic heterocycles. The van der Waals surface area contributed by atoms with Crippen LogP contribution < -0.4 is 5.73 Å². The van der Waals surface area contributed by atoms with Crippen molar-refractivity contribution in [1.82, 2.24) is 4.90 Å². The minimum atomic E-state index is -0.522. The average Bonchev–Trinajstić information content (AvgIpc) is 1.95. The van der Waals surface area contributed by atoms with Crippen molar-refractivity contribution < 1.29 is 9.53 Å². The topological polar surface area (TPSA) is 67.9 Å². The fraction of sp³-hybridized carbons (Fsp3) is 0.778. The van der Waals surface area contributed by atoms with E-state index in [0.29, 0.717) is 0 Å². The molecule has 0 radical (unpaired) electrons. The Morgan fingerprint density at radius 1 is 1.57 bits per heavy atom. The minimum absolute atomic E-state index is 0.450. The van der Waals surface area contributed by atoms with Gasteiger partial charge >= 0.3 is 6.09 Å². The van der Waals surface area contributed by atoms with Crippen molar-refractivity contribution >= 4 is 12.4 Å². The van der Waals surface area contributed by atoms with Gasteiger partial charge in [-0.1, -0.05) is 0 Å². The lowest BCUT2D eigenvalue weighted by atomic mass is 10.2. The van der Waals surface area contributed by atoms with Gasteiger partial charge in [0.1, 0.15) is 5.60 Å². The van der Waals surface area contributed by atoms with Gasteiger partial charge in [-0.15, -0.1) is 0 Å². The molecule has 0 aliphatic carbocycles. The van der Waals surface area contributed by atoms with E-state index in [1.807, 2.05) is 0 Å². The molecule has 0 saturated heterocycles. The molecule has 0 aliphatic heterocycles. The van der Waals surface area contributed by atoms with Gasteiger partial charge in [-0.25, -0.2) is 4.79 Å². The molecular weight excluding hydrogens is 182 g/mol. The molecule has 1 unspecified atom stereocenters. The van der Waals surface area contributed by atoms with Gasteiger partial charge in [-0.3, -0.25) is 9.89 Å². The minimum Gasteiger partial charge on any atom is -0.443 e. The zero-order valence-electron chi connectivity index (χ0n) is 9.44. The standard InChI is InChI=1S/C9H19N3O2/c1-7(10)12(6-11-5)8(13)14-9(2,3)4/h6-7H,10H2,1-5H3. The Balaban J connectivity index is 4.46. The lowest BCUT2D eigenvalue weighted by molar-refractivity contribution is 0.0334. The Hall–Kier alpha value is -1.10. The summed E-state index contributed by atoms with van der Waals surface area (Å²) in [6.07, 6.45) is 0.422. The Bertz CT molecular complexity index is 219. The zero-order valence-corrected chi connectivity index (χ0v) is 9.44. The largest absolute Gasteiger partial charge is 0.443 e. The molecule has 0 spiro atoms. The molecule has 82 valence electrons. The van der Waals surface area contributed by atoms with Crippen molar-refractivity contribution in [3.8, 4) is 0 Å². The molecule has 0 aromatic rings. The molecule has 0 aliphatic rings. The van der Waals surface area contributed by atoms with Crippen LogP contribution in [0, 0.1) is 0 Å². The lowest BCUT2D eigenvalue weighted by Gasteiger charge is -2.26. The molecule has 0 aromatic carbocycles. The van der Waals surface area contributed by atoms with E-state index in [4.69, 9.17) is 10.5 Å². The van der Waals surface area contributed by atoms with Crippen molar-refractivity contribution in [2.45, 2.75) is 39.5 Å². The Labute approximate surface area is 84.9 Å². The van der Waals surface area contributed by atoms with Gasteiger partial charge in [0.25, 0.3) is 0 Å². The third-order valence-corrected chi connectivity index (χ3v) is 1.28. The van der Waals surface area contributed by atoms with Crippen molar-refractivity contribution in [3.05, 3.63) is 0 Å². The molecule has 0 heterocycles. The Kier molecular flexibility index (Phi) is 4.56. The molecule has 1 atom stereocenters.